The topological polar surface area (TPSA) is 36.4 Å². The second-order valence-corrected chi connectivity index (χ2v) is 7.86. The number of rotatable bonds is 1. The summed E-state index contributed by atoms with van der Waals surface area (Å²) in [7, 11) is 0. The molecule has 0 radical (unpaired) electrons. The van der Waals surface area contributed by atoms with Gasteiger partial charge in [-0.3, -0.25) is 9.69 Å². The molecule has 0 saturated carbocycles. The molecule has 122 valence electrons. The molecule has 24 heavy (non-hydrogen) atoms. The molecule has 4 aliphatic rings. The zero-order chi connectivity index (χ0) is 16.1. The number of nitrogens with zero attached hydrogens (tertiary/aromatic N) is 3. The third-order valence-electron chi connectivity index (χ3n) is 5.29. The lowest BCUT2D eigenvalue weighted by molar-refractivity contribution is 0.231. The number of fused-ring (bicyclic) bond motifs is 3. The molecule has 2 fully saturated rings. The summed E-state index contributed by atoms with van der Waals surface area (Å²) < 4.78 is 1.15. The van der Waals surface area contributed by atoms with E-state index in [0.717, 1.165) is 39.9 Å². The fourth-order valence-corrected chi connectivity index (χ4v) is 5.04. The van der Waals surface area contributed by atoms with Crippen LogP contribution in [0.15, 0.2) is 41.2 Å². The van der Waals surface area contributed by atoms with Gasteiger partial charge in [-0.2, -0.15) is 0 Å². The largest absolute Gasteiger partial charge is 0.369 e. The number of anilines is 1. The first-order valence-corrected chi connectivity index (χ1v) is 9.42. The van der Waals surface area contributed by atoms with Gasteiger partial charge in [0.05, 0.1) is 20.8 Å². The smallest absolute Gasteiger partial charge is 0.180 e. The Hall–Kier alpha value is -1.98. The molecule has 3 aliphatic heterocycles. The maximum atomic E-state index is 11.6. The van der Waals surface area contributed by atoms with Crippen molar-refractivity contribution in [2.45, 2.75) is 18.9 Å². The first-order valence-electron chi connectivity index (χ1n) is 8.60. The van der Waals surface area contributed by atoms with Gasteiger partial charge < -0.3 is 4.90 Å². The third-order valence-corrected chi connectivity index (χ3v) is 6.38. The summed E-state index contributed by atoms with van der Waals surface area (Å²) in [6, 6.07) is 12.4. The van der Waals surface area contributed by atoms with Gasteiger partial charge >= 0.3 is 0 Å². The van der Waals surface area contributed by atoms with Crippen LogP contribution in [-0.2, 0) is 0 Å². The standard InChI is InChI=1S/C19H19N3OS/c23-15-4-6-17-19(11-15)24-18-10-13(3-5-16(18)20-17)22-9-8-21-7-1-2-14(21)12-22/h3-6,10-11,14H,1-2,7-9,12H2/t14-/m1/s1. The predicted octanol–water partition coefficient (Wildman–Crippen LogP) is 3.05. The highest BCUT2D eigenvalue weighted by atomic mass is 32.1. The lowest BCUT2D eigenvalue weighted by Gasteiger charge is -2.38. The number of benzene rings is 2. The van der Waals surface area contributed by atoms with E-state index in [4.69, 9.17) is 4.98 Å². The van der Waals surface area contributed by atoms with Gasteiger partial charge in [-0.05, 0) is 49.7 Å². The molecule has 0 N–H and O–H groups in total. The van der Waals surface area contributed by atoms with Crippen molar-refractivity contribution in [2.24, 2.45) is 0 Å². The van der Waals surface area contributed by atoms with Crippen LogP contribution in [-0.4, -0.2) is 42.1 Å². The van der Waals surface area contributed by atoms with E-state index in [1.54, 1.807) is 23.5 Å². The molecule has 0 amide bonds. The summed E-state index contributed by atoms with van der Waals surface area (Å²) in [5, 5.41) is 0. The fourth-order valence-electron chi connectivity index (χ4n) is 4.02. The molecule has 1 aromatic carbocycles. The van der Waals surface area contributed by atoms with E-state index in [0.29, 0.717) is 0 Å². The van der Waals surface area contributed by atoms with Gasteiger partial charge in [0, 0.05) is 37.4 Å². The Morgan fingerprint density at radius 1 is 1.08 bits per heavy atom. The summed E-state index contributed by atoms with van der Waals surface area (Å²) in [6.45, 7) is 4.66. The monoisotopic (exact) mass is 337 g/mol. The highest BCUT2D eigenvalue weighted by Gasteiger charge is 2.30. The molecule has 2 saturated heterocycles. The summed E-state index contributed by atoms with van der Waals surface area (Å²) >= 11 is 1.66. The van der Waals surface area contributed by atoms with Crippen molar-refractivity contribution in [3.05, 3.63) is 46.6 Å². The van der Waals surface area contributed by atoms with Gasteiger partial charge in [0.15, 0.2) is 5.43 Å². The van der Waals surface area contributed by atoms with Crippen LogP contribution in [0.1, 0.15) is 12.8 Å². The van der Waals surface area contributed by atoms with E-state index in [1.165, 1.54) is 31.6 Å². The van der Waals surface area contributed by atoms with E-state index in [2.05, 4.69) is 28.0 Å². The van der Waals surface area contributed by atoms with Crippen molar-refractivity contribution in [2.75, 3.05) is 31.1 Å². The molecule has 4 nitrogen and oxygen atoms in total. The second-order valence-electron chi connectivity index (χ2n) is 6.77. The van der Waals surface area contributed by atoms with E-state index in [9.17, 15) is 4.79 Å². The molecule has 0 bridgehead atoms. The predicted molar refractivity (Wildman–Crippen MR) is 99.3 cm³/mol. The van der Waals surface area contributed by atoms with E-state index < -0.39 is 0 Å². The molecule has 1 aromatic rings. The van der Waals surface area contributed by atoms with Crippen LogP contribution in [0.2, 0.25) is 0 Å². The highest BCUT2D eigenvalue weighted by Crippen LogP contribution is 2.33. The van der Waals surface area contributed by atoms with Gasteiger partial charge in [-0.25, -0.2) is 4.98 Å². The van der Waals surface area contributed by atoms with Crippen molar-refractivity contribution in [3.8, 4) is 10.6 Å². The zero-order valence-corrected chi connectivity index (χ0v) is 14.3. The average Bonchev–Trinajstić information content (AvgIpc) is 3.07. The zero-order valence-electron chi connectivity index (χ0n) is 13.4. The first-order chi connectivity index (χ1) is 11.8. The number of aromatic nitrogens is 1. The Labute approximate surface area is 144 Å². The number of hydrogen-bond donors (Lipinski definition) is 0. The number of hydrogen-bond acceptors (Lipinski definition) is 5. The fraction of sp³-hybridized carbons (Fsp3) is 0.368. The van der Waals surface area contributed by atoms with Gasteiger partial charge in [0.2, 0.25) is 0 Å². The Balaban J connectivity index is 1.54. The minimum Gasteiger partial charge on any atom is -0.369 e. The lowest BCUT2D eigenvalue weighted by Crippen LogP contribution is -2.50. The van der Waals surface area contributed by atoms with E-state index in [-0.39, 0.29) is 5.43 Å². The minimum atomic E-state index is 0.0495. The molecular formula is C19H19N3OS. The highest BCUT2D eigenvalue weighted by molar-refractivity contribution is 7.21. The maximum Gasteiger partial charge on any atom is 0.180 e. The molecule has 5 rings (SSSR count). The Morgan fingerprint density at radius 2 is 2.04 bits per heavy atom. The van der Waals surface area contributed by atoms with Crippen LogP contribution in [0.25, 0.3) is 20.8 Å². The normalized spacial score (nSPS) is 21.5. The van der Waals surface area contributed by atoms with Gasteiger partial charge in [0.25, 0.3) is 0 Å². The van der Waals surface area contributed by atoms with Crippen LogP contribution in [0.3, 0.4) is 0 Å². The van der Waals surface area contributed by atoms with Crippen LogP contribution < -0.4 is 10.3 Å². The molecule has 3 heterocycles. The van der Waals surface area contributed by atoms with Crippen LogP contribution >= 0.6 is 11.3 Å². The molecule has 0 unspecified atom stereocenters. The summed E-state index contributed by atoms with van der Waals surface area (Å²) in [5.74, 6) is 0. The Kier molecular flexibility index (Phi) is 3.31. The Bertz CT molecular complexity index is 937. The Morgan fingerprint density at radius 3 is 3.00 bits per heavy atom. The first kappa shape index (κ1) is 14.4. The second kappa shape index (κ2) is 5.53. The van der Waals surface area contributed by atoms with Gasteiger partial charge in [-0.1, -0.05) is 0 Å². The van der Waals surface area contributed by atoms with Crippen molar-refractivity contribution in [1.29, 1.82) is 0 Å². The SMILES string of the molecule is O=c1ccc2nc3ccc(N4CCN5CCC[C@@H]5C4)cc3sc-2c1. The quantitative estimate of drug-likeness (QED) is 0.640. The molecule has 1 aliphatic carbocycles. The molecular weight excluding hydrogens is 318 g/mol. The van der Waals surface area contributed by atoms with E-state index >= 15 is 0 Å². The molecule has 5 heteroatoms. The van der Waals surface area contributed by atoms with Crippen LogP contribution in [0.5, 0.6) is 0 Å². The average molecular weight is 337 g/mol. The van der Waals surface area contributed by atoms with E-state index in [1.807, 2.05) is 6.07 Å². The van der Waals surface area contributed by atoms with Crippen LogP contribution in [0, 0.1) is 0 Å². The summed E-state index contributed by atoms with van der Waals surface area (Å²) in [5.41, 5.74) is 3.24. The maximum absolute atomic E-state index is 11.6. The summed E-state index contributed by atoms with van der Waals surface area (Å²) in [6.07, 6.45) is 2.66. The lowest BCUT2D eigenvalue weighted by atomic mass is 10.1. The summed E-state index contributed by atoms with van der Waals surface area (Å²) in [4.78, 5) is 22.4. The third kappa shape index (κ3) is 2.39. The van der Waals surface area contributed by atoms with Crippen molar-refractivity contribution in [3.63, 3.8) is 0 Å². The van der Waals surface area contributed by atoms with Crippen molar-refractivity contribution in [1.82, 2.24) is 9.88 Å². The van der Waals surface area contributed by atoms with Gasteiger partial charge in [-0.15, -0.1) is 11.3 Å². The molecule has 0 spiro atoms. The molecule has 0 aromatic heterocycles. The van der Waals surface area contributed by atoms with Crippen molar-refractivity contribution >= 4 is 27.2 Å². The number of piperazine rings is 1. The van der Waals surface area contributed by atoms with Crippen molar-refractivity contribution < 1.29 is 0 Å². The molecule has 1 atom stereocenters. The van der Waals surface area contributed by atoms with Crippen LogP contribution in [0.4, 0.5) is 5.69 Å². The minimum absolute atomic E-state index is 0.0495. The van der Waals surface area contributed by atoms with Gasteiger partial charge in [0.1, 0.15) is 0 Å².